The molecule has 0 bridgehead atoms. The van der Waals surface area contributed by atoms with Crippen LogP contribution in [0.4, 0.5) is 0 Å². The molecule has 2 heterocycles. The first kappa shape index (κ1) is 8.87. The zero-order valence-corrected chi connectivity index (χ0v) is 8.14. The van der Waals surface area contributed by atoms with Crippen LogP contribution in [0.3, 0.4) is 0 Å². The first-order chi connectivity index (χ1) is 6.72. The third-order valence-corrected chi connectivity index (χ3v) is 2.04. The molecule has 0 amide bonds. The average molecular weight is 189 g/mol. The number of nitrogens with zero attached hydrogens (tertiary/aromatic N) is 3. The van der Waals surface area contributed by atoms with Gasteiger partial charge in [-0.05, 0) is 12.1 Å². The number of aldehydes is 1. The zero-order valence-electron chi connectivity index (χ0n) is 8.14. The lowest BCUT2D eigenvalue weighted by Gasteiger charge is -1.94. The van der Waals surface area contributed by atoms with Crippen LogP contribution in [0.1, 0.15) is 36.1 Å². The number of pyridine rings is 1. The maximum Gasteiger partial charge on any atom is 0.168 e. The van der Waals surface area contributed by atoms with Crippen LogP contribution in [0.5, 0.6) is 0 Å². The predicted molar refractivity (Wildman–Crippen MR) is 52.5 cm³/mol. The Morgan fingerprint density at radius 2 is 2.21 bits per heavy atom. The molecule has 72 valence electrons. The number of aromatic nitrogens is 3. The van der Waals surface area contributed by atoms with Crippen molar-refractivity contribution in [1.82, 2.24) is 14.6 Å². The largest absolute Gasteiger partial charge is 0.296 e. The topological polar surface area (TPSA) is 47.3 Å². The number of fused-ring (bicyclic) bond motifs is 1. The van der Waals surface area contributed by atoms with E-state index in [2.05, 4.69) is 10.1 Å². The van der Waals surface area contributed by atoms with Gasteiger partial charge in [0.15, 0.2) is 17.8 Å². The summed E-state index contributed by atoms with van der Waals surface area (Å²) in [6.45, 7) is 4.05. The van der Waals surface area contributed by atoms with Gasteiger partial charge in [-0.15, -0.1) is 0 Å². The van der Waals surface area contributed by atoms with Crippen molar-refractivity contribution in [2.24, 2.45) is 0 Å². The Morgan fingerprint density at radius 1 is 1.43 bits per heavy atom. The maximum atomic E-state index is 10.7. The molecule has 0 saturated heterocycles. The fraction of sp³-hybridized carbons (Fsp3) is 0.300. The van der Waals surface area contributed by atoms with Crippen molar-refractivity contribution in [3.63, 3.8) is 0 Å². The van der Waals surface area contributed by atoms with Crippen molar-refractivity contribution >= 4 is 11.9 Å². The molecule has 0 aliphatic heterocycles. The van der Waals surface area contributed by atoms with E-state index < -0.39 is 0 Å². The van der Waals surface area contributed by atoms with Gasteiger partial charge < -0.3 is 0 Å². The molecular formula is C10H11N3O. The second-order valence-corrected chi connectivity index (χ2v) is 3.46. The monoisotopic (exact) mass is 189 g/mol. The van der Waals surface area contributed by atoms with E-state index in [9.17, 15) is 4.79 Å². The van der Waals surface area contributed by atoms with E-state index in [0.717, 1.165) is 17.8 Å². The number of rotatable bonds is 2. The molecule has 0 aromatic carbocycles. The number of carbonyl (C=O) groups is 1. The highest BCUT2D eigenvalue weighted by molar-refractivity contribution is 5.73. The second-order valence-electron chi connectivity index (χ2n) is 3.46. The van der Waals surface area contributed by atoms with Gasteiger partial charge in [0.05, 0.1) is 0 Å². The van der Waals surface area contributed by atoms with Gasteiger partial charge in [-0.3, -0.25) is 4.79 Å². The third-order valence-electron chi connectivity index (χ3n) is 2.04. The van der Waals surface area contributed by atoms with Crippen molar-refractivity contribution in [1.29, 1.82) is 0 Å². The molecule has 2 rings (SSSR count). The summed E-state index contributed by atoms with van der Waals surface area (Å²) in [4.78, 5) is 15.0. The van der Waals surface area contributed by atoms with E-state index in [4.69, 9.17) is 0 Å². The third kappa shape index (κ3) is 1.28. The molecule has 2 aromatic rings. The van der Waals surface area contributed by atoms with E-state index >= 15 is 0 Å². The second kappa shape index (κ2) is 3.21. The molecule has 0 fully saturated rings. The Bertz CT molecular complexity index is 473. The van der Waals surface area contributed by atoms with Gasteiger partial charge in [0.2, 0.25) is 0 Å². The van der Waals surface area contributed by atoms with Gasteiger partial charge in [0.1, 0.15) is 5.69 Å². The molecule has 0 atom stereocenters. The summed E-state index contributed by atoms with van der Waals surface area (Å²) in [5.41, 5.74) is 1.25. The lowest BCUT2D eigenvalue weighted by molar-refractivity contribution is 0.111. The van der Waals surface area contributed by atoms with Crippen LogP contribution >= 0.6 is 0 Å². The summed E-state index contributed by atoms with van der Waals surface area (Å²) in [7, 11) is 0. The normalized spacial score (nSPS) is 11.1. The van der Waals surface area contributed by atoms with Gasteiger partial charge in [-0.1, -0.05) is 19.9 Å². The minimum atomic E-state index is 0.273. The van der Waals surface area contributed by atoms with Crippen molar-refractivity contribution < 1.29 is 4.79 Å². The minimum Gasteiger partial charge on any atom is -0.296 e. The Morgan fingerprint density at radius 3 is 2.86 bits per heavy atom. The minimum absolute atomic E-state index is 0.273. The number of hydrogen-bond acceptors (Lipinski definition) is 3. The molecule has 0 radical (unpaired) electrons. The fourth-order valence-corrected chi connectivity index (χ4v) is 1.28. The number of hydrogen-bond donors (Lipinski definition) is 0. The Hall–Kier alpha value is -1.71. The standard InChI is InChI=1S/C10H11N3O/c1-7(2)10-11-9-5-3-4-8(6-14)13(9)12-10/h3-7H,1-2H3. The van der Waals surface area contributed by atoms with E-state index in [1.54, 1.807) is 16.6 Å². The van der Waals surface area contributed by atoms with Crippen LogP contribution in [0.25, 0.3) is 5.65 Å². The molecule has 0 N–H and O–H groups in total. The highest BCUT2D eigenvalue weighted by Gasteiger charge is 2.08. The van der Waals surface area contributed by atoms with Gasteiger partial charge in [-0.2, -0.15) is 5.10 Å². The van der Waals surface area contributed by atoms with E-state index in [1.165, 1.54) is 0 Å². The summed E-state index contributed by atoms with van der Waals surface area (Å²) in [6.07, 6.45) is 0.784. The molecule has 14 heavy (non-hydrogen) atoms. The van der Waals surface area contributed by atoms with Crippen LogP contribution in [0.2, 0.25) is 0 Å². The van der Waals surface area contributed by atoms with E-state index in [0.29, 0.717) is 5.69 Å². The quantitative estimate of drug-likeness (QED) is 0.675. The lowest BCUT2D eigenvalue weighted by atomic mass is 10.2. The maximum absolute atomic E-state index is 10.7. The van der Waals surface area contributed by atoms with E-state index in [-0.39, 0.29) is 5.92 Å². The predicted octanol–water partition coefficient (Wildman–Crippen LogP) is 1.67. The van der Waals surface area contributed by atoms with Gasteiger partial charge in [0.25, 0.3) is 0 Å². The lowest BCUT2D eigenvalue weighted by Crippen LogP contribution is -1.97. The molecule has 0 spiro atoms. The summed E-state index contributed by atoms with van der Waals surface area (Å²) in [5, 5.41) is 4.26. The smallest absolute Gasteiger partial charge is 0.168 e. The zero-order chi connectivity index (χ0) is 10.1. The molecule has 4 nitrogen and oxygen atoms in total. The fourth-order valence-electron chi connectivity index (χ4n) is 1.28. The molecule has 0 aliphatic carbocycles. The van der Waals surface area contributed by atoms with Gasteiger partial charge >= 0.3 is 0 Å². The first-order valence-electron chi connectivity index (χ1n) is 4.53. The van der Waals surface area contributed by atoms with Crippen LogP contribution in [0, 0.1) is 0 Å². The van der Waals surface area contributed by atoms with Crippen LogP contribution in [0.15, 0.2) is 18.2 Å². The first-order valence-corrected chi connectivity index (χ1v) is 4.53. The Labute approximate surface area is 81.6 Å². The summed E-state index contributed by atoms with van der Waals surface area (Å²) >= 11 is 0. The highest BCUT2D eigenvalue weighted by Crippen LogP contribution is 2.11. The average Bonchev–Trinajstić information content (AvgIpc) is 2.60. The molecule has 4 heteroatoms. The molecule has 0 unspecified atom stereocenters. The van der Waals surface area contributed by atoms with Crippen molar-refractivity contribution in [3.8, 4) is 0 Å². The van der Waals surface area contributed by atoms with Crippen LogP contribution in [-0.2, 0) is 0 Å². The Kier molecular flexibility index (Phi) is 2.04. The van der Waals surface area contributed by atoms with Crippen LogP contribution < -0.4 is 0 Å². The number of carbonyl (C=O) groups excluding carboxylic acids is 1. The molecule has 0 saturated carbocycles. The van der Waals surface area contributed by atoms with Crippen molar-refractivity contribution in [2.45, 2.75) is 19.8 Å². The van der Waals surface area contributed by atoms with Gasteiger partial charge in [0, 0.05) is 5.92 Å². The van der Waals surface area contributed by atoms with Crippen LogP contribution in [-0.4, -0.2) is 20.9 Å². The van der Waals surface area contributed by atoms with Crippen molar-refractivity contribution in [3.05, 3.63) is 29.7 Å². The Balaban J connectivity index is 2.70. The van der Waals surface area contributed by atoms with Gasteiger partial charge in [-0.25, -0.2) is 9.50 Å². The molecule has 0 aliphatic rings. The highest BCUT2D eigenvalue weighted by atomic mass is 16.1. The summed E-state index contributed by atoms with van der Waals surface area (Å²) < 4.78 is 1.57. The van der Waals surface area contributed by atoms with Crippen molar-refractivity contribution in [2.75, 3.05) is 0 Å². The molecule has 2 aromatic heterocycles. The SMILES string of the molecule is CC(C)c1nc2cccc(C=O)n2n1. The molecular weight excluding hydrogens is 178 g/mol. The summed E-state index contributed by atoms with van der Waals surface area (Å²) in [5.74, 6) is 1.04. The summed E-state index contributed by atoms with van der Waals surface area (Å²) in [6, 6.07) is 5.36. The van der Waals surface area contributed by atoms with E-state index in [1.807, 2.05) is 19.9 Å².